The molecule has 22 heteroatoms. The first-order valence-corrected chi connectivity index (χ1v) is 19.7. The summed E-state index contributed by atoms with van der Waals surface area (Å²) in [6.45, 7) is 8.59. The molecular weight excluding hydrogens is 795 g/mol. The van der Waals surface area contributed by atoms with Crippen molar-refractivity contribution in [2.75, 3.05) is 35.4 Å². The summed E-state index contributed by atoms with van der Waals surface area (Å²) in [4.78, 5) is 23.2. The van der Waals surface area contributed by atoms with Crippen molar-refractivity contribution >= 4 is 60.7 Å². The Hall–Kier alpha value is -6.02. The normalized spacial score (nSPS) is 12.0. The first kappa shape index (κ1) is 43.7. The highest BCUT2D eigenvalue weighted by Crippen LogP contribution is 2.38. The number of carbonyl (C=O) groups excluding carboxylic acids is 1. The minimum absolute atomic E-state index is 0.0404. The quantitative estimate of drug-likeness (QED) is 0.0470. The van der Waals surface area contributed by atoms with Gasteiger partial charge in [0.2, 0.25) is 5.91 Å². The van der Waals surface area contributed by atoms with Crippen LogP contribution in [0.2, 0.25) is 0 Å². The number of rotatable bonds is 16. The van der Waals surface area contributed by atoms with Crippen molar-refractivity contribution in [1.82, 2.24) is 9.78 Å². The van der Waals surface area contributed by atoms with Gasteiger partial charge >= 0.3 is 5.97 Å². The molecule has 0 radical (unpaired) electrons. The van der Waals surface area contributed by atoms with Gasteiger partial charge in [-0.05, 0) is 49.7 Å². The molecule has 0 saturated heterocycles. The first-order valence-electron chi connectivity index (χ1n) is 16.8. The molecule has 304 valence electrons. The van der Waals surface area contributed by atoms with Gasteiger partial charge in [-0.2, -0.15) is 27.2 Å². The van der Waals surface area contributed by atoms with E-state index in [2.05, 4.69) is 26.0 Å². The summed E-state index contributed by atoms with van der Waals surface area (Å²) < 4.78 is 103. The zero-order valence-electron chi connectivity index (χ0n) is 31.1. The Balaban J connectivity index is 1.72. The second kappa shape index (κ2) is 17.4. The van der Waals surface area contributed by atoms with Crippen LogP contribution < -0.4 is 20.3 Å². The maximum Gasteiger partial charge on any atom is 0.303 e. The third-order valence-corrected chi connectivity index (χ3v) is 9.65. The fourth-order valence-corrected chi connectivity index (χ4v) is 6.53. The van der Waals surface area contributed by atoms with Gasteiger partial charge in [-0.15, -0.1) is 10.2 Å². The number of carbonyl (C=O) groups is 2. The lowest BCUT2D eigenvalue weighted by Gasteiger charge is -2.24. The van der Waals surface area contributed by atoms with E-state index in [9.17, 15) is 40.8 Å². The van der Waals surface area contributed by atoms with Crippen molar-refractivity contribution in [3.8, 4) is 17.5 Å². The average Bonchev–Trinajstić information content (AvgIpc) is 3.46. The van der Waals surface area contributed by atoms with Crippen LogP contribution in [-0.4, -0.2) is 72.5 Å². The zero-order valence-corrected chi connectivity index (χ0v) is 32.7. The standard InChI is InChI=1S/C35H38F2N8O10S2/c1-6-44(11-7-8-31(47)48)22-9-10-29(30(14-22)40-20(2)46)41-42-34-26(18-38)33(35(3,4)5)43-45(34)32-27(36)12-21(13-28(32)37)39-19-55-23-15-24(56(49,50)51)17-25(16-23)57(52,53)54/h9-10,12-17,39H,6-8,11,19H2,1-5H3,(H,40,46)(H,47,48)(H,49,50,51)(H,52,53,54). The van der Waals surface area contributed by atoms with Crippen LogP contribution >= 0.6 is 0 Å². The summed E-state index contributed by atoms with van der Waals surface area (Å²) in [5.74, 6) is -4.59. The second-order valence-corrected chi connectivity index (χ2v) is 16.2. The summed E-state index contributed by atoms with van der Waals surface area (Å²) in [6, 6.07) is 10.5. The fourth-order valence-electron chi connectivity index (χ4n) is 5.37. The highest BCUT2D eigenvalue weighted by Gasteiger charge is 2.30. The average molecular weight is 833 g/mol. The summed E-state index contributed by atoms with van der Waals surface area (Å²) in [7, 11) is -9.87. The van der Waals surface area contributed by atoms with Gasteiger partial charge in [-0.1, -0.05) is 20.8 Å². The highest BCUT2D eigenvalue weighted by atomic mass is 32.2. The number of aromatic nitrogens is 2. The lowest BCUT2D eigenvalue weighted by atomic mass is 9.90. The largest absolute Gasteiger partial charge is 0.481 e. The Kier molecular flexibility index (Phi) is 13.4. The number of ether oxygens (including phenoxy) is 1. The molecule has 0 saturated carbocycles. The van der Waals surface area contributed by atoms with E-state index < -0.39 is 77.1 Å². The van der Waals surface area contributed by atoms with Crippen LogP contribution in [0.1, 0.15) is 58.7 Å². The SMILES string of the molecule is CCN(CCCC(=O)O)c1ccc(N=Nc2c(C#N)c(C(C)(C)C)nn2-c2c(F)cc(NCOc3cc(S(=O)(=O)O)cc(S(=O)(=O)O)c3)cc2F)c(NC(C)=O)c1. The van der Waals surface area contributed by atoms with E-state index in [0.717, 1.165) is 28.9 Å². The van der Waals surface area contributed by atoms with Crippen LogP contribution in [0.4, 0.5) is 37.3 Å². The number of carboxylic acids is 1. The number of carboxylic acid groups (broad SMARTS) is 1. The molecule has 1 aromatic heterocycles. The predicted molar refractivity (Wildman–Crippen MR) is 202 cm³/mol. The maximum absolute atomic E-state index is 15.9. The molecule has 0 unspecified atom stereocenters. The molecule has 0 spiro atoms. The number of anilines is 3. The van der Waals surface area contributed by atoms with Gasteiger partial charge in [0.25, 0.3) is 20.2 Å². The van der Waals surface area contributed by atoms with Crippen LogP contribution in [0.5, 0.6) is 5.75 Å². The molecule has 0 aliphatic rings. The molecule has 0 bridgehead atoms. The molecule has 1 heterocycles. The lowest BCUT2D eigenvalue weighted by molar-refractivity contribution is -0.137. The molecule has 0 aliphatic carbocycles. The van der Waals surface area contributed by atoms with Gasteiger partial charge in [-0.25, -0.2) is 13.5 Å². The summed E-state index contributed by atoms with van der Waals surface area (Å²) in [5.41, 5.74) is -0.870. The highest BCUT2D eigenvalue weighted by molar-refractivity contribution is 7.86. The number of nitrogens with zero attached hydrogens (tertiary/aromatic N) is 6. The smallest absolute Gasteiger partial charge is 0.303 e. The minimum Gasteiger partial charge on any atom is -0.481 e. The van der Waals surface area contributed by atoms with Crippen molar-refractivity contribution in [1.29, 1.82) is 5.26 Å². The Bertz CT molecular complexity index is 2420. The van der Waals surface area contributed by atoms with E-state index in [1.807, 2.05) is 17.9 Å². The van der Waals surface area contributed by atoms with Gasteiger partial charge in [0.05, 0.1) is 21.2 Å². The van der Waals surface area contributed by atoms with Crippen LogP contribution in [0.3, 0.4) is 0 Å². The van der Waals surface area contributed by atoms with Crippen LogP contribution in [0.15, 0.2) is 68.6 Å². The summed E-state index contributed by atoms with van der Waals surface area (Å²) in [5, 5.41) is 37.2. The van der Waals surface area contributed by atoms with E-state index in [4.69, 9.17) is 9.84 Å². The number of benzene rings is 3. The van der Waals surface area contributed by atoms with Crippen molar-refractivity contribution in [2.45, 2.75) is 62.7 Å². The second-order valence-electron chi connectivity index (χ2n) is 13.3. The van der Waals surface area contributed by atoms with Gasteiger partial charge in [0, 0.05) is 55.4 Å². The lowest BCUT2D eigenvalue weighted by Crippen LogP contribution is -2.24. The zero-order chi connectivity index (χ0) is 42.5. The molecule has 57 heavy (non-hydrogen) atoms. The summed E-state index contributed by atoms with van der Waals surface area (Å²) >= 11 is 0. The van der Waals surface area contributed by atoms with Crippen LogP contribution in [-0.2, 0) is 35.2 Å². The number of amides is 1. The number of aliphatic carboxylic acids is 1. The molecule has 1 amide bonds. The Morgan fingerprint density at radius 3 is 2.12 bits per heavy atom. The predicted octanol–water partition coefficient (Wildman–Crippen LogP) is 6.33. The third kappa shape index (κ3) is 11.1. The molecule has 4 aromatic rings. The van der Waals surface area contributed by atoms with E-state index in [1.54, 1.807) is 32.9 Å². The Morgan fingerprint density at radius 1 is 1.00 bits per heavy atom. The fraction of sp³-hybridized carbons (Fsp3) is 0.314. The van der Waals surface area contributed by atoms with Crippen molar-refractivity contribution < 1.29 is 54.2 Å². The van der Waals surface area contributed by atoms with Crippen LogP contribution in [0, 0.1) is 23.0 Å². The molecular formula is C35H38F2N8O10S2. The summed E-state index contributed by atoms with van der Waals surface area (Å²) in [6.07, 6.45) is 0.324. The van der Waals surface area contributed by atoms with Gasteiger partial charge in [-0.3, -0.25) is 18.7 Å². The number of azo groups is 1. The first-order chi connectivity index (χ1) is 26.5. The number of nitriles is 1. The van der Waals surface area contributed by atoms with Crippen molar-refractivity contribution in [2.24, 2.45) is 10.2 Å². The van der Waals surface area contributed by atoms with E-state index >= 15 is 8.78 Å². The van der Waals surface area contributed by atoms with E-state index in [1.165, 1.54) is 13.0 Å². The van der Waals surface area contributed by atoms with Crippen molar-refractivity contribution in [3.63, 3.8) is 0 Å². The monoisotopic (exact) mass is 832 g/mol. The molecule has 18 nitrogen and oxygen atoms in total. The van der Waals surface area contributed by atoms with E-state index in [-0.39, 0.29) is 40.6 Å². The van der Waals surface area contributed by atoms with Crippen molar-refractivity contribution in [3.05, 3.63) is 71.4 Å². The van der Waals surface area contributed by atoms with Gasteiger partial charge < -0.3 is 25.4 Å². The van der Waals surface area contributed by atoms with Gasteiger partial charge in [0.15, 0.2) is 24.2 Å². The molecule has 0 aliphatic heterocycles. The topological polar surface area (TPSA) is 266 Å². The Morgan fingerprint density at radius 2 is 1.61 bits per heavy atom. The van der Waals surface area contributed by atoms with E-state index in [0.29, 0.717) is 31.3 Å². The third-order valence-electron chi connectivity index (χ3n) is 7.99. The number of nitrogens with one attached hydrogen (secondary N) is 2. The van der Waals surface area contributed by atoms with Crippen LogP contribution in [0.25, 0.3) is 5.69 Å². The molecule has 0 fully saturated rings. The van der Waals surface area contributed by atoms with Gasteiger partial charge in [0.1, 0.15) is 28.8 Å². The maximum atomic E-state index is 15.9. The number of hydrogen-bond acceptors (Lipinski definition) is 13. The molecule has 5 N–H and O–H groups in total. The molecule has 4 rings (SSSR count). The number of hydrogen-bond donors (Lipinski definition) is 5. The minimum atomic E-state index is -4.93. The molecule has 0 atom stereocenters. The Labute approximate surface area is 326 Å². The molecule has 3 aromatic carbocycles. The number of halogens is 2.